The molecule has 1 aliphatic carbocycles. The minimum Gasteiger partial charge on any atom is -0.337 e. The first-order chi connectivity index (χ1) is 12.0. The summed E-state index contributed by atoms with van der Waals surface area (Å²) < 4.78 is 0. The summed E-state index contributed by atoms with van der Waals surface area (Å²) in [6, 6.07) is 10.3. The first-order valence-corrected chi connectivity index (χ1v) is 8.89. The number of nitrogens with one attached hydrogen (secondary N) is 1. The van der Waals surface area contributed by atoms with Crippen molar-refractivity contribution in [3.63, 3.8) is 0 Å². The van der Waals surface area contributed by atoms with Crippen molar-refractivity contribution in [3.05, 3.63) is 63.8 Å². The molecule has 1 saturated heterocycles. The molecule has 1 atom stereocenters. The lowest BCUT2D eigenvalue weighted by Crippen LogP contribution is -2.34. The van der Waals surface area contributed by atoms with Crippen molar-refractivity contribution in [1.82, 2.24) is 14.9 Å². The van der Waals surface area contributed by atoms with Crippen LogP contribution in [0.1, 0.15) is 60.3 Å². The third-order valence-electron chi connectivity index (χ3n) is 5.45. The van der Waals surface area contributed by atoms with E-state index >= 15 is 0 Å². The van der Waals surface area contributed by atoms with Crippen LogP contribution in [-0.4, -0.2) is 33.9 Å². The maximum absolute atomic E-state index is 12.9. The van der Waals surface area contributed by atoms with Crippen molar-refractivity contribution >= 4 is 5.91 Å². The number of carbonyl (C=O) groups excluding carboxylic acids is 1. The van der Waals surface area contributed by atoms with Crippen molar-refractivity contribution in [2.75, 3.05) is 13.1 Å². The fourth-order valence-corrected chi connectivity index (χ4v) is 3.83. The summed E-state index contributed by atoms with van der Waals surface area (Å²) in [6.45, 7) is 5.61. The maximum Gasteiger partial charge on any atom is 0.263 e. The van der Waals surface area contributed by atoms with Gasteiger partial charge >= 0.3 is 0 Å². The van der Waals surface area contributed by atoms with E-state index in [1.54, 1.807) is 4.90 Å². The number of hydrogen-bond acceptors (Lipinski definition) is 3. The van der Waals surface area contributed by atoms with Gasteiger partial charge in [-0.3, -0.25) is 9.59 Å². The predicted molar refractivity (Wildman–Crippen MR) is 95.7 cm³/mol. The number of aromatic amines is 1. The van der Waals surface area contributed by atoms with Crippen LogP contribution in [0.25, 0.3) is 0 Å². The number of aromatic nitrogens is 2. The van der Waals surface area contributed by atoms with Gasteiger partial charge in [-0.05, 0) is 23.8 Å². The van der Waals surface area contributed by atoms with E-state index in [0.717, 1.165) is 12.8 Å². The Labute approximate surface area is 147 Å². The number of carbonyl (C=O) groups is 1. The molecule has 2 aliphatic rings. The largest absolute Gasteiger partial charge is 0.337 e. The Balaban J connectivity index is 1.58. The summed E-state index contributed by atoms with van der Waals surface area (Å²) >= 11 is 0. The highest BCUT2D eigenvalue weighted by atomic mass is 16.2. The van der Waals surface area contributed by atoms with Gasteiger partial charge in [-0.15, -0.1) is 0 Å². The second-order valence-corrected chi connectivity index (χ2v) is 7.92. The minimum absolute atomic E-state index is 0.0366. The van der Waals surface area contributed by atoms with Gasteiger partial charge in [0.05, 0.1) is 0 Å². The minimum atomic E-state index is -0.317. The zero-order chi connectivity index (χ0) is 17.6. The zero-order valence-corrected chi connectivity index (χ0v) is 14.7. The van der Waals surface area contributed by atoms with Gasteiger partial charge in [0.1, 0.15) is 11.4 Å². The first-order valence-electron chi connectivity index (χ1n) is 8.89. The van der Waals surface area contributed by atoms with Gasteiger partial charge in [0.15, 0.2) is 0 Å². The number of likely N-dealkylation sites (tertiary alicyclic amines) is 1. The summed E-state index contributed by atoms with van der Waals surface area (Å²) in [5.74, 6) is 1.12. The van der Waals surface area contributed by atoms with Crippen molar-refractivity contribution in [1.29, 1.82) is 0 Å². The molecule has 1 aromatic heterocycles. The number of hydrogen-bond donors (Lipinski definition) is 1. The summed E-state index contributed by atoms with van der Waals surface area (Å²) in [4.78, 5) is 34.1. The highest BCUT2D eigenvalue weighted by Crippen LogP contribution is 2.42. The molecule has 1 aromatic carbocycles. The molecule has 2 aromatic rings. The molecule has 2 fully saturated rings. The normalized spacial score (nSPS) is 22.2. The molecule has 1 N–H and O–H groups in total. The van der Waals surface area contributed by atoms with Gasteiger partial charge < -0.3 is 9.88 Å². The van der Waals surface area contributed by atoms with Gasteiger partial charge in [-0.1, -0.05) is 44.2 Å². The molecular formula is C20H23N3O2. The lowest BCUT2D eigenvalue weighted by Gasteiger charge is -2.25. The molecule has 0 spiro atoms. The Morgan fingerprint density at radius 2 is 1.96 bits per heavy atom. The van der Waals surface area contributed by atoms with Crippen LogP contribution in [0.2, 0.25) is 0 Å². The summed E-state index contributed by atoms with van der Waals surface area (Å²) in [5, 5.41) is 0. The second-order valence-electron chi connectivity index (χ2n) is 7.92. The van der Waals surface area contributed by atoms with E-state index < -0.39 is 0 Å². The average Bonchev–Trinajstić information content (AvgIpc) is 3.39. The lowest BCUT2D eigenvalue weighted by atomic mass is 9.78. The number of benzene rings is 1. The molecule has 5 heteroatoms. The fraction of sp³-hybridized carbons (Fsp3) is 0.450. The van der Waals surface area contributed by atoms with E-state index in [0.29, 0.717) is 24.8 Å². The van der Waals surface area contributed by atoms with Gasteiger partial charge in [-0.2, -0.15) is 0 Å². The standard InChI is InChI=1S/C20H23N3O2/c1-20(2)12-23(11-16(20)13-6-4-3-5-7-13)19(25)15-10-21-17(14-8-9-14)22-18(15)24/h3-7,10,14,16H,8-9,11-12H2,1-2H3,(H,21,22,24)/t16-/m1/s1. The van der Waals surface area contributed by atoms with Gasteiger partial charge in [0, 0.05) is 31.1 Å². The molecule has 4 rings (SSSR count). The van der Waals surface area contributed by atoms with Gasteiger partial charge in [0.25, 0.3) is 11.5 Å². The molecule has 0 unspecified atom stereocenters. The number of H-pyrrole nitrogens is 1. The van der Waals surface area contributed by atoms with Crippen LogP contribution in [0, 0.1) is 5.41 Å². The van der Waals surface area contributed by atoms with E-state index in [9.17, 15) is 9.59 Å². The smallest absolute Gasteiger partial charge is 0.263 e. The van der Waals surface area contributed by atoms with E-state index in [1.807, 2.05) is 18.2 Å². The average molecular weight is 337 g/mol. The van der Waals surface area contributed by atoms with E-state index in [4.69, 9.17) is 0 Å². The molecule has 5 nitrogen and oxygen atoms in total. The van der Waals surface area contributed by atoms with Crippen molar-refractivity contribution in [3.8, 4) is 0 Å². The Bertz CT molecular complexity index is 853. The summed E-state index contributed by atoms with van der Waals surface area (Å²) in [7, 11) is 0. The van der Waals surface area contributed by atoms with E-state index in [2.05, 4.69) is 35.9 Å². The van der Waals surface area contributed by atoms with Crippen molar-refractivity contribution in [2.45, 2.75) is 38.5 Å². The van der Waals surface area contributed by atoms with Gasteiger partial charge in [-0.25, -0.2) is 4.98 Å². The SMILES string of the molecule is CC1(C)CN(C(=O)c2cnc(C3CC3)[nH]c2=O)C[C@@H]1c1ccccc1. The molecule has 2 heterocycles. The van der Waals surface area contributed by atoms with Crippen LogP contribution in [0.15, 0.2) is 41.3 Å². The Hall–Kier alpha value is -2.43. The highest BCUT2D eigenvalue weighted by molar-refractivity contribution is 5.93. The first kappa shape index (κ1) is 16.1. The van der Waals surface area contributed by atoms with Crippen LogP contribution in [-0.2, 0) is 0 Å². The van der Waals surface area contributed by atoms with Crippen LogP contribution >= 0.6 is 0 Å². The lowest BCUT2D eigenvalue weighted by molar-refractivity contribution is 0.0775. The molecule has 25 heavy (non-hydrogen) atoms. The zero-order valence-electron chi connectivity index (χ0n) is 14.7. The fourth-order valence-electron chi connectivity index (χ4n) is 3.83. The van der Waals surface area contributed by atoms with Crippen LogP contribution < -0.4 is 5.56 Å². The molecule has 1 saturated carbocycles. The Morgan fingerprint density at radius 1 is 1.24 bits per heavy atom. The predicted octanol–water partition coefficient (Wildman–Crippen LogP) is 2.91. The van der Waals surface area contributed by atoms with Crippen molar-refractivity contribution < 1.29 is 4.79 Å². The third-order valence-corrected chi connectivity index (χ3v) is 5.45. The number of rotatable bonds is 3. The molecule has 1 aliphatic heterocycles. The van der Waals surface area contributed by atoms with Crippen molar-refractivity contribution in [2.24, 2.45) is 5.41 Å². The topological polar surface area (TPSA) is 66.1 Å². The number of amides is 1. The quantitative estimate of drug-likeness (QED) is 0.936. The highest BCUT2D eigenvalue weighted by Gasteiger charge is 2.42. The summed E-state index contributed by atoms with van der Waals surface area (Å²) in [6.07, 6.45) is 3.59. The molecule has 0 radical (unpaired) electrons. The molecule has 1 amide bonds. The Morgan fingerprint density at radius 3 is 2.60 bits per heavy atom. The Kier molecular flexibility index (Phi) is 3.74. The van der Waals surface area contributed by atoms with Crippen LogP contribution in [0.5, 0.6) is 0 Å². The monoisotopic (exact) mass is 337 g/mol. The van der Waals surface area contributed by atoms with E-state index in [1.165, 1.54) is 11.8 Å². The van der Waals surface area contributed by atoms with Gasteiger partial charge in [0.2, 0.25) is 0 Å². The van der Waals surface area contributed by atoms with Crippen LogP contribution in [0.3, 0.4) is 0 Å². The molecule has 0 bridgehead atoms. The second kappa shape index (κ2) is 5.83. The van der Waals surface area contributed by atoms with E-state index in [-0.39, 0.29) is 28.4 Å². The summed E-state index contributed by atoms with van der Waals surface area (Å²) in [5.41, 5.74) is 1.03. The number of nitrogens with zero attached hydrogens (tertiary/aromatic N) is 2. The van der Waals surface area contributed by atoms with Crippen LogP contribution in [0.4, 0.5) is 0 Å². The molecule has 130 valence electrons. The molecular weight excluding hydrogens is 314 g/mol. The third kappa shape index (κ3) is 2.99. The maximum atomic E-state index is 12.9.